The van der Waals surface area contributed by atoms with E-state index in [4.69, 9.17) is 9.47 Å². The normalized spacial score (nSPS) is 15.1. The van der Waals surface area contributed by atoms with Gasteiger partial charge in [-0.3, -0.25) is 14.6 Å². The highest BCUT2D eigenvalue weighted by molar-refractivity contribution is 5.95. The zero-order valence-electron chi connectivity index (χ0n) is 20.2. The monoisotopic (exact) mass is 469 g/mol. The summed E-state index contributed by atoms with van der Waals surface area (Å²) in [6.45, 7) is 4.53. The number of hydrogen-bond donors (Lipinski definition) is 1. The number of amides is 1. The molecule has 2 aromatic heterocycles. The third-order valence-electron chi connectivity index (χ3n) is 6.84. The summed E-state index contributed by atoms with van der Waals surface area (Å²) < 4.78 is 11.1. The van der Waals surface area contributed by atoms with Crippen LogP contribution in [0.1, 0.15) is 44.2 Å². The number of aromatic nitrogens is 2. The number of benzene rings is 2. The van der Waals surface area contributed by atoms with E-state index < -0.39 is 6.04 Å². The summed E-state index contributed by atoms with van der Waals surface area (Å²) in [4.78, 5) is 36.0. The highest BCUT2D eigenvalue weighted by atomic mass is 16.5. The van der Waals surface area contributed by atoms with Gasteiger partial charge in [0.05, 0.1) is 20.3 Å². The number of aryl methyl sites for hydroxylation is 2. The summed E-state index contributed by atoms with van der Waals surface area (Å²) in [6.07, 6.45) is 3.83. The fourth-order valence-electron chi connectivity index (χ4n) is 4.86. The van der Waals surface area contributed by atoms with Crippen molar-refractivity contribution < 1.29 is 14.3 Å². The minimum Gasteiger partial charge on any atom is -0.493 e. The summed E-state index contributed by atoms with van der Waals surface area (Å²) in [6, 6.07) is 12.6. The van der Waals surface area contributed by atoms with Gasteiger partial charge in [0, 0.05) is 35.6 Å². The molecule has 0 saturated carbocycles. The van der Waals surface area contributed by atoms with E-state index in [9.17, 15) is 9.59 Å². The number of aromatic amines is 1. The molecule has 0 bridgehead atoms. The molecule has 3 heterocycles. The minimum absolute atomic E-state index is 0.155. The Labute approximate surface area is 203 Å². The average Bonchev–Trinajstić information content (AvgIpc) is 2.88. The van der Waals surface area contributed by atoms with Gasteiger partial charge in [-0.1, -0.05) is 0 Å². The van der Waals surface area contributed by atoms with Gasteiger partial charge in [0.25, 0.3) is 11.5 Å². The van der Waals surface area contributed by atoms with E-state index in [2.05, 4.69) is 16.0 Å². The SMILES string of the molecule is COc1cc2c(cc1OC)[C@H](c1cc3cc(C)c(C)cc3[nH]c1=O)N(C(=O)c1ccncc1)CC2. The van der Waals surface area contributed by atoms with Crippen LogP contribution in [0.5, 0.6) is 11.5 Å². The van der Waals surface area contributed by atoms with E-state index in [1.54, 1.807) is 43.6 Å². The van der Waals surface area contributed by atoms with Crippen LogP contribution in [0.3, 0.4) is 0 Å². The van der Waals surface area contributed by atoms with Gasteiger partial charge < -0.3 is 19.4 Å². The van der Waals surface area contributed by atoms with Gasteiger partial charge in [0.15, 0.2) is 11.5 Å². The van der Waals surface area contributed by atoms with Crippen molar-refractivity contribution in [3.8, 4) is 11.5 Å². The van der Waals surface area contributed by atoms with Crippen LogP contribution >= 0.6 is 0 Å². The molecule has 35 heavy (non-hydrogen) atoms. The summed E-state index contributed by atoms with van der Waals surface area (Å²) in [5, 5.41) is 0.923. The van der Waals surface area contributed by atoms with Crippen LogP contribution in [0.15, 0.2) is 59.7 Å². The van der Waals surface area contributed by atoms with Crippen molar-refractivity contribution in [3.05, 3.63) is 98.6 Å². The standard InChI is InChI=1S/C28H27N3O4/c1-16-11-20-13-22(27(32)30-23(20)12-17(16)2)26-21-15-25(35-4)24(34-3)14-19(21)7-10-31(26)28(33)18-5-8-29-9-6-18/h5-6,8-9,11-15,26H,7,10H2,1-4H3,(H,30,32)/t26-/m1/s1. The third kappa shape index (κ3) is 3.93. The van der Waals surface area contributed by atoms with Gasteiger partial charge in [-0.15, -0.1) is 0 Å². The lowest BCUT2D eigenvalue weighted by Crippen LogP contribution is -2.42. The second kappa shape index (κ2) is 8.91. The van der Waals surface area contributed by atoms with E-state index in [1.807, 2.05) is 38.1 Å². The number of nitrogens with one attached hydrogen (secondary N) is 1. The van der Waals surface area contributed by atoms with E-state index in [0.717, 1.165) is 33.2 Å². The summed E-state index contributed by atoms with van der Waals surface area (Å²) >= 11 is 0. The first-order chi connectivity index (χ1) is 16.9. The van der Waals surface area contributed by atoms with Crippen molar-refractivity contribution in [2.75, 3.05) is 20.8 Å². The van der Waals surface area contributed by atoms with Crippen LogP contribution in [0, 0.1) is 13.8 Å². The number of carbonyl (C=O) groups excluding carboxylic acids is 1. The second-order valence-electron chi connectivity index (χ2n) is 8.87. The Kier molecular flexibility index (Phi) is 5.76. The Bertz CT molecular complexity index is 1490. The molecule has 0 fully saturated rings. The van der Waals surface area contributed by atoms with E-state index >= 15 is 0 Å². The molecule has 0 aliphatic carbocycles. The molecule has 0 saturated heterocycles. The van der Waals surface area contributed by atoms with Crippen molar-refractivity contribution in [3.63, 3.8) is 0 Å². The lowest BCUT2D eigenvalue weighted by molar-refractivity contribution is 0.0693. The fraction of sp³-hybridized carbons (Fsp3) is 0.250. The van der Waals surface area contributed by atoms with Gasteiger partial charge in [0.1, 0.15) is 0 Å². The number of H-pyrrole nitrogens is 1. The molecule has 0 radical (unpaired) electrons. The molecule has 178 valence electrons. The molecule has 0 unspecified atom stereocenters. The molecular weight excluding hydrogens is 442 g/mol. The highest BCUT2D eigenvalue weighted by Gasteiger charge is 2.35. The molecule has 0 spiro atoms. The van der Waals surface area contributed by atoms with Gasteiger partial charge in [-0.25, -0.2) is 0 Å². The Morgan fingerprint density at radius 1 is 0.971 bits per heavy atom. The Morgan fingerprint density at radius 2 is 1.66 bits per heavy atom. The zero-order valence-corrected chi connectivity index (χ0v) is 20.2. The number of ether oxygens (including phenoxy) is 2. The summed E-state index contributed by atoms with van der Waals surface area (Å²) in [7, 11) is 3.18. The van der Waals surface area contributed by atoms with Gasteiger partial charge in [-0.05, 0) is 90.4 Å². The van der Waals surface area contributed by atoms with Crippen LogP contribution in [-0.2, 0) is 6.42 Å². The van der Waals surface area contributed by atoms with Crippen molar-refractivity contribution >= 4 is 16.8 Å². The molecule has 1 aliphatic heterocycles. The first-order valence-electron chi connectivity index (χ1n) is 11.5. The van der Waals surface area contributed by atoms with Crippen LogP contribution in [0.4, 0.5) is 0 Å². The largest absolute Gasteiger partial charge is 0.493 e. The quantitative estimate of drug-likeness (QED) is 0.481. The maximum atomic E-state index is 13.7. The molecule has 5 rings (SSSR count). The Balaban J connectivity index is 1.74. The van der Waals surface area contributed by atoms with Crippen molar-refractivity contribution in [2.24, 2.45) is 0 Å². The molecule has 1 atom stereocenters. The first-order valence-corrected chi connectivity index (χ1v) is 11.5. The highest BCUT2D eigenvalue weighted by Crippen LogP contribution is 2.41. The third-order valence-corrected chi connectivity index (χ3v) is 6.84. The summed E-state index contributed by atoms with van der Waals surface area (Å²) in [5.41, 5.74) is 5.70. The number of nitrogens with zero attached hydrogens (tertiary/aromatic N) is 2. The fourth-order valence-corrected chi connectivity index (χ4v) is 4.86. The molecule has 1 N–H and O–H groups in total. The maximum Gasteiger partial charge on any atom is 0.254 e. The van der Waals surface area contributed by atoms with Crippen molar-refractivity contribution in [1.82, 2.24) is 14.9 Å². The van der Waals surface area contributed by atoms with Crippen LogP contribution in [0.25, 0.3) is 10.9 Å². The number of methoxy groups -OCH3 is 2. The van der Waals surface area contributed by atoms with Gasteiger partial charge in [-0.2, -0.15) is 0 Å². The Hall–Kier alpha value is -4.13. The smallest absolute Gasteiger partial charge is 0.254 e. The minimum atomic E-state index is -0.589. The van der Waals surface area contributed by atoms with Crippen molar-refractivity contribution in [1.29, 1.82) is 0 Å². The zero-order chi connectivity index (χ0) is 24.7. The van der Waals surface area contributed by atoms with E-state index in [-0.39, 0.29) is 11.5 Å². The molecular formula is C28H27N3O4. The van der Waals surface area contributed by atoms with E-state index in [1.165, 1.54) is 0 Å². The topological polar surface area (TPSA) is 84.5 Å². The van der Waals surface area contributed by atoms with Gasteiger partial charge >= 0.3 is 0 Å². The summed E-state index contributed by atoms with van der Waals surface area (Å²) in [5.74, 6) is 1.02. The van der Waals surface area contributed by atoms with E-state index in [0.29, 0.717) is 35.6 Å². The maximum absolute atomic E-state index is 13.7. The molecule has 1 amide bonds. The van der Waals surface area contributed by atoms with Crippen LogP contribution in [0.2, 0.25) is 0 Å². The molecule has 7 heteroatoms. The molecule has 1 aliphatic rings. The predicted molar refractivity (Wildman–Crippen MR) is 134 cm³/mol. The first kappa shape index (κ1) is 22.7. The number of rotatable bonds is 4. The lowest BCUT2D eigenvalue weighted by Gasteiger charge is -2.38. The van der Waals surface area contributed by atoms with Crippen molar-refractivity contribution in [2.45, 2.75) is 26.3 Å². The molecule has 7 nitrogen and oxygen atoms in total. The molecule has 4 aromatic rings. The number of carbonyl (C=O) groups is 1. The second-order valence-corrected chi connectivity index (χ2v) is 8.87. The lowest BCUT2D eigenvalue weighted by atomic mass is 9.87. The number of hydrogen-bond acceptors (Lipinski definition) is 5. The predicted octanol–water partition coefficient (Wildman–Crippen LogP) is 4.35. The molecule has 2 aromatic carbocycles. The average molecular weight is 470 g/mol. The number of pyridine rings is 2. The van der Waals surface area contributed by atoms with Crippen LogP contribution in [-0.4, -0.2) is 41.5 Å². The van der Waals surface area contributed by atoms with Crippen LogP contribution < -0.4 is 15.0 Å². The number of fused-ring (bicyclic) bond motifs is 2. The van der Waals surface area contributed by atoms with Gasteiger partial charge in [0.2, 0.25) is 0 Å². The Morgan fingerprint density at radius 3 is 2.37 bits per heavy atom.